The largest absolute Gasteiger partial charge is 0.495 e. The molecule has 0 bridgehead atoms. The van der Waals surface area contributed by atoms with Gasteiger partial charge in [0.25, 0.3) is 5.91 Å². The molecule has 0 atom stereocenters. The highest BCUT2D eigenvalue weighted by molar-refractivity contribution is 6.04. The first kappa shape index (κ1) is 18.5. The highest BCUT2D eigenvalue weighted by atomic mass is 16.6. The van der Waals surface area contributed by atoms with E-state index in [0.717, 1.165) is 11.3 Å². The van der Waals surface area contributed by atoms with E-state index < -0.39 is 0 Å². The van der Waals surface area contributed by atoms with E-state index in [0.29, 0.717) is 47.7 Å². The number of nitrogens with zero attached hydrogens (tertiary/aromatic N) is 2. The van der Waals surface area contributed by atoms with Crippen molar-refractivity contribution in [2.75, 3.05) is 31.0 Å². The normalized spacial score (nSPS) is 12.2. The van der Waals surface area contributed by atoms with Gasteiger partial charge in [-0.3, -0.25) is 4.79 Å². The third-order valence-electron chi connectivity index (χ3n) is 4.32. The quantitative estimate of drug-likeness (QED) is 0.685. The van der Waals surface area contributed by atoms with Gasteiger partial charge in [0.15, 0.2) is 11.5 Å². The Hall–Kier alpha value is -3.81. The average molecular weight is 392 g/mol. The van der Waals surface area contributed by atoms with Crippen molar-refractivity contribution in [1.82, 2.24) is 9.97 Å². The number of hydrogen-bond donors (Lipinski definition) is 2. The molecule has 1 aliphatic heterocycles. The molecule has 29 heavy (non-hydrogen) atoms. The summed E-state index contributed by atoms with van der Waals surface area (Å²) in [5.41, 5.74) is 2.70. The van der Waals surface area contributed by atoms with Gasteiger partial charge in [-0.05, 0) is 36.8 Å². The predicted molar refractivity (Wildman–Crippen MR) is 108 cm³/mol. The Labute approximate surface area is 167 Å². The summed E-state index contributed by atoms with van der Waals surface area (Å²) in [7, 11) is 1.56. The summed E-state index contributed by atoms with van der Waals surface area (Å²) in [5.74, 6) is 2.01. The fourth-order valence-corrected chi connectivity index (χ4v) is 2.87. The molecule has 0 fully saturated rings. The summed E-state index contributed by atoms with van der Waals surface area (Å²) in [6.07, 6.45) is 2.93. The van der Waals surface area contributed by atoms with E-state index in [2.05, 4.69) is 20.6 Å². The van der Waals surface area contributed by atoms with Gasteiger partial charge >= 0.3 is 0 Å². The van der Waals surface area contributed by atoms with Crippen LogP contribution in [-0.4, -0.2) is 36.2 Å². The second-order valence-electron chi connectivity index (χ2n) is 6.44. The molecule has 1 aromatic heterocycles. The molecular weight excluding hydrogens is 372 g/mol. The molecule has 0 aliphatic carbocycles. The molecule has 2 heterocycles. The third-order valence-corrected chi connectivity index (χ3v) is 4.32. The number of carbonyl (C=O) groups is 1. The highest BCUT2D eigenvalue weighted by Crippen LogP contribution is 2.33. The number of methoxy groups -OCH3 is 1. The fourth-order valence-electron chi connectivity index (χ4n) is 2.87. The maximum Gasteiger partial charge on any atom is 0.258 e. The van der Waals surface area contributed by atoms with Crippen molar-refractivity contribution in [2.45, 2.75) is 6.92 Å². The lowest BCUT2D eigenvalue weighted by molar-refractivity contribution is 0.102. The molecule has 3 aromatic rings. The number of aryl methyl sites for hydroxylation is 1. The first-order valence-electron chi connectivity index (χ1n) is 9.07. The van der Waals surface area contributed by atoms with E-state index in [1.807, 2.05) is 43.3 Å². The summed E-state index contributed by atoms with van der Waals surface area (Å²) in [5, 5.41) is 5.91. The lowest BCUT2D eigenvalue weighted by Gasteiger charge is -2.19. The molecule has 2 aromatic carbocycles. The summed E-state index contributed by atoms with van der Waals surface area (Å²) in [4.78, 5) is 21.0. The number of aromatic nitrogens is 2. The molecule has 1 amide bonds. The van der Waals surface area contributed by atoms with Crippen molar-refractivity contribution in [3.63, 3.8) is 0 Å². The van der Waals surface area contributed by atoms with Crippen LogP contribution in [0.2, 0.25) is 0 Å². The summed E-state index contributed by atoms with van der Waals surface area (Å²) >= 11 is 0. The standard InChI is InChI=1S/C21H20N4O4/c1-13-3-5-17(27-2)16(9-13)25-20(26)14-11-22-21(23-12-14)24-15-4-6-18-19(10-15)29-8-7-28-18/h3-6,9-12H,7-8H2,1-2H3,(H,25,26)(H,22,23,24). The third kappa shape index (κ3) is 4.21. The molecule has 0 saturated carbocycles. The van der Waals surface area contributed by atoms with Crippen LogP contribution in [0, 0.1) is 6.92 Å². The maximum absolute atomic E-state index is 12.5. The van der Waals surface area contributed by atoms with Crippen molar-refractivity contribution in [3.8, 4) is 17.2 Å². The first-order valence-corrected chi connectivity index (χ1v) is 9.07. The lowest BCUT2D eigenvalue weighted by Crippen LogP contribution is -2.15. The zero-order chi connectivity index (χ0) is 20.2. The van der Waals surface area contributed by atoms with Crippen LogP contribution in [0.5, 0.6) is 17.2 Å². The van der Waals surface area contributed by atoms with Crippen LogP contribution in [0.1, 0.15) is 15.9 Å². The first-order chi connectivity index (χ1) is 14.1. The highest BCUT2D eigenvalue weighted by Gasteiger charge is 2.13. The van der Waals surface area contributed by atoms with E-state index in [-0.39, 0.29) is 5.91 Å². The minimum atomic E-state index is -0.320. The van der Waals surface area contributed by atoms with E-state index in [9.17, 15) is 4.79 Å². The molecule has 1 aliphatic rings. The number of benzene rings is 2. The summed E-state index contributed by atoms with van der Waals surface area (Å²) in [6, 6.07) is 11.1. The van der Waals surface area contributed by atoms with Gasteiger partial charge in [-0.25, -0.2) is 9.97 Å². The molecule has 4 rings (SSSR count). The Bertz CT molecular complexity index is 1040. The van der Waals surface area contributed by atoms with Crippen molar-refractivity contribution in [2.24, 2.45) is 0 Å². The Morgan fingerprint density at radius 1 is 1.03 bits per heavy atom. The van der Waals surface area contributed by atoms with E-state index >= 15 is 0 Å². The topological polar surface area (TPSA) is 94.6 Å². The SMILES string of the molecule is COc1ccc(C)cc1NC(=O)c1cnc(Nc2ccc3c(c2)OCCO3)nc1. The zero-order valence-electron chi connectivity index (χ0n) is 16.1. The smallest absolute Gasteiger partial charge is 0.258 e. The van der Waals surface area contributed by atoms with Crippen LogP contribution >= 0.6 is 0 Å². The van der Waals surface area contributed by atoms with Crippen LogP contribution in [0.15, 0.2) is 48.8 Å². The van der Waals surface area contributed by atoms with Gasteiger partial charge in [-0.2, -0.15) is 0 Å². The molecule has 2 N–H and O–H groups in total. The number of anilines is 3. The van der Waals surface area contributed by atoms with Gasteiger partial charge in [0, 0.05) is 24.1 Å². The Morgan fingerprint density at radius 2 is 1.79 bits per heavy atom. The van der Waals surface area contributed by atoms with Gasteiger partial charge in [-0.1, -0.05) is 6.07 Å². The van der Waals surface area contributed by atoms with E-state index in [1.54, 1.807) is 7.11 Å². The molecular formula is C21H20N4O4. The monoisotopic (exact) mass is 392 g/mol. The average Bonchev–Trinajstić information content (AvgIpc) is 2.74. The van der Waals surface area contributed by atoms with E-state index in [4.69, 9.17) is 14.2 Å². The Balaban J connectivity index is 1.45. The van der Waals surface area contributed by atoms with Crippen molar-refractivity contribution < 1.29 is 19.0 Å². The Kier molecular flexibility index (Phi) is 5.15. The van der Waals surface area contributed by atoms with Crippen molar-refractivity contribution in [1.29, 1.82) is 0 Å². The summed E-state index contributed by atoms with van der Waals surface area (Å²) < 4.78 is 16.4. The lowest BCUT2D eigenvalue weighted by atomic mass is 10.2. The predicted octanol–water partition coefficient (Wildman–Crippen LogP) is 3.56. The molecule has 0 unspecified atom stereocenters. The van der Waals surface area contributed by atoms with Crippen LogP contribution < -0.4 is 24.8 Å². The molecule has 0 saturated heterocycles. The van der Waals surface area contributed by atoms with Gasteiger partial charge in [0.05, 0.1) is 18.4 Å². The van der Waals surface area contributed by atoms with Crippen LogP contribution in [0.25, 0.3) is 0 Å². The molecule has 8 nitrogen and oxygen atoms in total. The second kappa shape index (κ2) is 8.05. The summed E-state index contributed by atoms with van der Waals surface area (Å²) in [6.45, 7) is 3.00. The van der Waals surface area contributed by atoms with E-state index in [1.165, 1.54) is 12.4 Å². The molecule has 8 heteroatoms. The number of fused-ring (bicyclic) bond motifs is 1. The number of ether oxygens (including phenoxy) is 3. The van der Waals surface area contributed by atoms with Gasteiger partial charge < -0.3 is 24.8 Å². The number of hydrogen-bond acceptors (Lipinski definition) is 7. The fraction of sp³-hybridized carbons (Fsp3) is 0.190. The maximum atomic E-state index is 12.5. The van der Waals surface area contributed by atoms with Gasteiger partial charge in [-0.15, -0.1) is 0 Å². The van der Waals surface area contributed by atoms with Crippen LogP contribution in [-0.2, 0) is 0 Å². The van der Waals surface area contributed by atoms with Gasteiger partial charge in [0.2, 0.25) is 5.95 Å². The Morgan fingerprint density at radius 3 is 2.55 bits per heavy atom. The molecule has 0 radical (unpaired) electrons. The van der Waals surface area contributed by atoms with Crippen molar-refractivity contribution >= 4 is 23.2 Å². The number of nitrogens with one attached hydrogen (secondary N) is 2. The van der Waals surface area contributed by atoms with Gasteiger partial charge in [0.1, 0.15) is 19.0 Å². The number of amides is 1. The van der Waals surface area contributed by atoms with Crippen LogP contribution in [0.4, 0.5) is 17.3 Å². The second-order valence-corrected chi connectivity index (χ2v) is 6.44. The number of rotatable bonds is 5. The minimum absolute atomic E-state index is 0.320. The number of carbonyl (C=O) groups excluding carboxylic acids is 1. The minimum Gasteiger partial charge on any atom is -0.495 e. The zero-order valence-corrected chi connectivity index (χ0v) is 16.1. The molecule has 148 valence electrons. The van der Waals surface area contributed by atoms with Crippen molar-refractivity contribution in [3.05, 3.63) is 59.9 Å². The van der Waals surface area contributed by atoms with Crippen LogP contribution in [0.3, 0.4) is 0 Å². The molecule has 0 spiro atoms.